The standard InChI is InChI=1S/C15H19FO3/c1-3-19-15(9-4-5-10-15)14(17)11-7-6-8-12(18-2)13(11)16/h6-8H,3-5,9-10H2,1-2H3. The molecule has 0 spiro atoms. The molecule has 1 aliphatic carbocycles. The number of methoxy groups -OCH3 is 1. The SMILES string of the molecule is CCOC1(C(=O)c2cccc(OC)c2F)CCCC1. The van der Waals surface area contributed by atoms with Crippen molar-refractivity contribution in [3.8, 4) is 5.75 Å². The van der Waals surface area contributed by atoms with Gasteiger partial charge in [0.2, 0.25) is 0 Å². The maximum absolute atomic E-state index is 14.2. The lowest BCUT2D eigenvalue weighted by Crippen LogP contribution is -2.39. The van der Waals surface area contributed by atoms with E-state index in [1.165, 1.54) is 19.2 Å². The van der Waals surface area contributed by atoms with Crippen molar-refractivity contribution < 1.29 is 18.7 Å². The average Bonchev–Trinajstić information content (AvgIpc) is 2.88. The molecule has 1 fully saturated rings. The first-order valence-electron chi connectivity index (χ1n) is 6.66. The Kier molecular flexibility index (Phi) is 4.20. The van der Waals surface area contributed by atoms with Crippen molar-refractivity contribution in [2.75, 3.05) is 13.7 Å². The molecule has 3 nitrogen and oxygen atoms in total. The molecule has 1 saturated carbocycles. The first-order valence-corrected chi connectivity index (χ1v) is 6.66. The van der Waals surface area contributed by atoms with Crippen LogP contribution in [-0.4, -0.2) is 25.1 Å². The number of hydrogen-bond donors (Lipinski definition) is 0. The summed E-state index contributed by atoms with van der Waals surface area (Å²) in [6.07, 6.45) is 3.21. The predicted octanol–water partition coefficient (Wildman–Crippen LogP) is 3.37. The predicted molar refractivity (Wildman–Crippen MR) is 70.1 cm³/mol. The van der Waals surface area contributed by atoms with Crippen LogP contribution in [0.5, 0.6) is 5.75 Å². The van der Waals surface area contributed by atoms with E-state index in [-0.39, 0.29) is 17.1 Å². The Morgan fingerprint density at radius 3 is 2.63 bits per heavy atom. The van der Waals surface area contributed by atoms with Gasteiger partial charge in [-0.25, -0.2) is 4.39 Å². The lowest BCUT2D eigenvalue weighted by atomic mass is 9.90. The molecule has 0 N–H and O–H groups in total. The summed E-state index contributed by atoms with van der Waals surface area (Å²) in [4.78, 5) is 12.6. The molecular weight excluding hydrogens is 247 g/mol. The second kappa shape index (κ2) is 5.70. The minimum Gasteiger partial charge on any atom is -0.494 e. The van der Waals surface area contributed by atoms with Crippen LogP contribution in [0.4, 0.5) is 4.39 Å². The number of halogens is 1. The second-order valence-electron chi connectivity index (χ2n) is 4.79. The van der Waals surface area contributed by atoms with Gasteiger partial charge in [0.1, 0.15) is 5.60 Å². The quantitative estimate of drug-likeness (QED) is 0.766. The van der Waals surface area contributed by atoms with Crippen LogP contribution in [0.1, 0.15) is 43.0 Å². The molecule has 1 aromatic carbocycles. The Hall–Kier alpha value is -1.42. The minimum absolute atomic E-state index is 0.0645. The monoisotopic (exact) mass is 266 g/mol. The summed E-state index contributed by atoms with van der Waals surface area (Å²) in [5.74, 6) is -0.764. The van der Waals surface area contributed by atoms with Gasteiger partial charge in [-0.15, -0.1) is 0 Å². The number of benzene rings is 1. The first kappa shape index (κ1) is 14.0. The zero-order chi connectivity index (χ0) is 13.9. The van der Waals surface area contributed by atoms with E-state index >= 15 is 0 Å². The maximum Gasteiger partial charge on any atom is 0.197 e. The van der Waals surface area contributed by atoms with Gasteiger partial charge < -0.3 is 9.47 Å². The third-order valence-electron chi connectivity index (χ3n) is 3.67. The van der Waals surface area contributed by atoms with Crippen molar-refractivity contribution in [2.24, 2.45) is 0 Å². The highest BCUT2D eigenvalue weighted by Crippen LogP contribution is 2.37. The summed E-state index contributed by atoms with van der Waals surface area (Å²) in [5, 5.41) is 0. The van der Waals surface area contributed by atoms with Gasteiger partial charge in [-0.1, -0.05) is 6.07 Å². The van der Waals surface area contributed by atoms with Gasteiger partial charge in [0, 0.05) is 6.61 Å². The van der Waals surface area contributed by atoms with Crippen molar-refractivity contribution in [3.63, 3.8) is 0 Å². The smallest absolute Gasteiger partial charge is 0.197 e. The Balaban J connectivity index is 2.37. The van der Waals surface area contributed by atoms with Crippen LogP contribution < -0.4 is 4.74 Å². The van der Waals surface area contributed by atoms with E-state index in [0.717, 1.165) is 12.8 Å². The summed E-state index contributed by atoms with van der Waals surface area (Å²) in [6, 6.07) is 4.64. The molecule has 0 saturated heterocycles. The van der Waals surface area contributed by atoms with Gasteiger partial charge in [-0.05, 0) is 44.7 Å². The van der Waals surface area contributed by atoms with Gasteiger partial charge in [0.15, 0.2) is 17.3 Å². The van der Waals surface area contributed by atoms with E-state index in [4.69, 9.17) is 9.47 Å². The molecule has 0 aliphatic heterocycles. The van der Waals surface area contributed by atoms with E-state index in [1.54, 1.807) is 6.07 Å². The van der Waals surface area contributed by atoms with E-state index in [9.17, 15) is 9.18 Å². The normalized spacial score (nSPS) is 17.4. The number of hydrogen-bond acceptors (Lipinski definition) is 3. The maximum atomic E-state index is 14.2. The summed E-state index contributed by atoms with van der Waals surface area (Å²) in [7, 11) is 1.39. The number of carbonyl (C=O) groups excluding carboxylic acids is 1. The zero-order valence-corrected chi connectivity index (χ0v) is 11.4. The van der Waals surface area contributed by atoms with Gasteiger partial charge in [0.25, 0.3) is 0 Å². The highest BCUT2D eigenvalue weighted by molar-refractivity contribution is 6.03. The summed E-state index contributed by atoms with van der Waals surface area (Å²) in [5.41, 5.74) is -0.781. The third kappa shape index (κ3) is 2.50. The number of carbonyl (C=O) groups is 1. The molecule has 1 aromatic rings. The van der Waals surface area contributed by atoms with Crippen LogP contribution in [0, 0.1) is 5.82 Å². The van der Waals surface area contributed by atoms with Gasteiger partial charge in [-0.2, -0.15) is 0 Å². The number of Topliss-reactive ketones (excluding diaryl/α,β-unsaturated/α-hetero) is 1. The van der Waals surface area contributed by atoms with Crippen LogP contribution >= 0.6 is 0 Å². The van der Waals surface area contributed by atoms with E-state index in [2.05, 4.69) is 0 Å². The minimum atomic E-state index is -0.845. The molecule has 0 atom stereocenters. The van der Waals surface area contributed by atoms with Crippen molar-refractivity contribution in [2.45, 2.75) is 38.2 Å². The molecule has 0 unspecified atom stereocenters. The zero-order valence-electron chi connectivity index (χ0n) is 11.4. The Bertz CT molecular complexity index is 464. The molecule has 0 aromatic heterocycles. The van der Waals surface area contributed by atoms with Crippen molar-refractivity contribution in [1.82, 2.24) is 0 Å². The van der Waals surface area contributed by atoms with Crippen LogP contribution in [0.3, 0.4) is 0 Å². The second-order valence-corrected chi connectivity index (χ2v) is 4.79. The molecule has 0 bridgehead atoms. The molecule has 2 rings (SSSR count). The average molecular weight is 266 g/mol. The van der Waals surface area contributed by atoms with Crippen LogP contribution in [0.2, 0.25) is 0 Å². The molecule has 0 amide bonds. The molecule has 4 heteroatoms. The van der Waals surface area contributed by atoms with Crippen LogP contribution in [-0.2, 0) is 4.74 Å². The molecule has 19 heavy (non-hydrogen) atoms. The van der Waals surface area contributed by atoms with Gasteiger partial charge >= 0.3 is 0 Å². The fourth-order valence-corrected chi connectivity index (χ4v) is 2.75. The molecule has 104 valence electrons. The highest BCUT2D eigenvalue weighted by Gasteiger charge is 2.43. The Labute approximate surface area is 112 Å². The lowest BCUT2D eigenvalue weighted by molar-refractivity contribution is -0.0166. The fraction of sp³-hybridized carbons (Fsp3) is 0.533. The van der Waals surface area contributed by atoms with Crippen molar-refractivity contribution in [1.29, 1.82) is 0 Å². The van der Waals surface area contributed by atoms with Crippen molar-refractivity contribution in [3.05, 3.63) is 29.6 Å². The largest absolute Gasteiger partial charge is 0.494 e. The summed E-state index contributed by atoms with van der Waals surface area (Å²) >= 11 is 0. The Morgan fingerprint density at radius 1 is 1.37 bits per heavy atom. The van der Waals surface area contributed by atoms with Gasteiger partial charge in [0.05, 0.1) is 12.7 Å². The molecule has 0 radical (unpaired) electrons. The molecular formula is C15H19FO3. The summed E-state index contributed by atoms with van der Waals surface area (Å²) in [6.45, 7) is 2.31. The molecule has 1 aliphatic rings. The van der Waals surface area contributed by atoms with Gasteiger partial charge in [-0.3, -0.25) is 4.79 Å². The first-order chi connectivity index (χ1) is 9.14. The third-order valence-corrected chi connectivity index (χ3v) is 3.67. The number of ketones is 1. The Morgan fingerprint density at radius 2 is 2.05 bits per heavy atom. The van der Waals surface area contributed by atoms with E-state index < -0.39 is 11.4 Å². The summed E-state index contributed by atoms with van der Waals surface area (Å²) < 4.78 is 24.8. The number of rotatable bonds is 5. The van der Waals surface area contributed by atoms with E-state index in [1.807, 2.05) is 6.92 Å². The topological polar surface area (TPSA) is 35.5 Å². The van der Waals surface area contributed by atoms with Crippen LogP contribution in [0.25, 0.3) is 0 Å². The lowest BCUT2D eigenvalue weighted by Gasteiger charge is -2.27. The van der Waals surface area contributed by atoms with Crippen LogP contribution in [0.15, 0.2) is 18.2 Å². The highest BCUT2D eigenvalue weighted by atomic mass is 19.1. The van der Waals surface area contributed by atoms with E-state index in [0.29, 0.717) is 19.4 Å². The molecule has 0 heterocycles. The van der Waals surface area contributed by atoms with Crippen molar-refractivity contribution >= 4 is 5.78 Å². The number of ether oxygens (including phenoxy) is 2. The fourth-order valence-electron chi connectivity index (χ4n) is 2.75.